The molecule has 1 aromatic carbocycles. The van der Waals surface area contributed by atoms with Gasteiger partial charge in [-0.15, -0.1) is 0 Å². The number of esters is 1. The number of carbonyl (C=O) groups excluding carboxylic acids is 1. The molecule has 0 bridgehead atoms. The van der Waals surface area contributed by atoms with Crippen molar-refractivity contribution in [2.75, 3.05) is 6.61 Å². The Hall–Kier alpha value is -2.77. The van der Waals surface area contributed by atoms with Crippen molar-refractivity contribution in [3.63, 3.8) is 0 Å². The highest BCUT2D eigenvalue weighted by atomic mass is 16.6. The zero-order chi connectivity index (χ0) is 14.4. The van der Waals surface area contributed by atoms with E-state index in [1.54, 1.807) is 0 Å². The summed E-state index contributed by atoms with van der Waals surface area (Å²) in [7, 11) is 0. The van der Waals surface area contributed by atoms with Crippen LogP contribution in [0.3, 0.4) is 0 Å². The van der Waals surface area contributed by atoms with Gasteiger partial charge < -0.3 is 4.74 Å². The standard InChI is InChI=1S/C11H10N2O6/c1-2-19-11(14)10(13(17)18)7-8-5-3-4-6-9(8)12(15)16/h3-7H,2H2,1H3/b10-7+. The molecule has 8 heteroatoms. The lowest BCUT2D eigenvalue weighted by atomic mass is 10.1. The van der Waals surface area contributed by atoms with Crippen molar-refractivity contribution in [1.29, 1.82) is 0 Å². The van der Waals surface area contributed by atoms with E-state index in [9.17, 15) is 25.0 Å². The molecule has 0 atom stereocenters. The molecule has 100 valence electrons. The van der Waals surface area contributed by atoms with Crippen molar-refractivity contribution in [1.82, 2.24) is 0 Å². The lowest BCUT2D eigenvalue weighted by Crippen LogP contribution is -2.14. The molecular formula is C11H10N2O6. The highest BCUT2D eigenvalue weighted by Gasteiger charge is 2.25. The maximum Gasteiger partial charge on any atom is 0.409 e. The van der Waals surface area contributed by atoms with Gasteiger partial charge in [-0.25, -0.2) is 4.79 Å². The molecule has 1 rings (SSSR count). The van der Waals surface area contributed by atoms with Crippen LogP contribution in [0.15, 0.2) is 30.0 Å². The molecule has 0 saturated heterocycles. The number of nitro groups is 2. The lowest BCUT2D eigenvalue weighted by molar-refractivity contribution is -0.419. The molecule has 0 heterocycles. The van der Waals surface area contributed by atoms with Crippen LogP contribution >= 0.6 is 0 Å². The molecule has 0 N–H and O–H groups in total. The van der Waals surface area contributed by atoms with E-state index >= 15 is 0 Å². The van der Waals surface area contributed by atoms with Gasteiger partial charge in [0, 0.05) is 12.1 Å². The van der Waals surface area contributed by atoms with Gasteiger partial charge in [0.1, 0.15) is 0 Å². The number of hydrogen-bond acceptors (Lipinski definition) is 6. The number of nitro benzene ring substituents is 1. The van der Waals surface area contributed by atoms with Crippen molar-refractivity contribution < 1.29 is 19.4 Å². The number of benzene rings is 1. The Morgan fingerprint density at radius 1 is 1.32 bits per heavy atom. The smallest absolute Gasteiger partial charge is 0.409 e. The van der Waals surface area contributed by atoms with Crippen molar-refractivity contribution in [2.45, 2.75) is 6.92 Å². The topological polar surface area (TPSA) is 113 Å². The van der Waals surface area contributed by atoms with Gasteiger partial charge in [0.05, 0.1) is 22.0 Å². The van der Waals surface area contributed by atoms with Gasteiger partial charge in [-0.2, -0.15) is 0 Å². The molecule has 0 amide bonds. The highest BCUT2D eigenvalue weighted by Crippen LogP contribution is 2.21. The van der Waals surface area contributed by atoms with Crippen molar-refractivity contribution >= 4 is 17.7 Å². The Labute approximate surface area is 107 Å². The number of rotatable bonds is 5. The minimum absolute atomic E-state index is 0.0269. The SMILES string of the molecule is CCOC(=O)/C(=C\c1ccccc1[N+](=O)[O-])[N+](=O)[O-]. The normalized spacial score (nSPS) is 10.9. The molecule has 19 heavy (non-hydrogen) atoms. The van der Waals surface area contributed by atoms with E-state index < -0.39 is 21.5 Å². The number of hydrogen-bond donors (Lipinski definition) is 0. The molecule has 0 aromatic heterocycles. The van der Waals surface area contributed by atoms with E-state index in [-0.39, 0.29) is 17.9 Å². The quantitative estimate of drug-likeness (QED) is 0.347. The number of nitrogens with zero attached hydrogens (tertiary/aromatic N) is 2. The van der Waals surface area contributed by atoms with Crippen LogP contribution in [0.1, 0.15) is 12.5 Å². The third kappa shape index (κ3) is 3.60. The Kier molecular flexibility index (Phi) is 4.69. The third-order valence-corrected chi connectivity index (χ3v) is 2.11. The lowest BCUT2D eigenvalue weighted by Gasteiger charge is -2.00. The van der Waals surface area contributed by atoms with E-state index in [0.29, 0.717) is 0 Å². The van der Waals surface area contributed by atoms with Crippen molar-refractivity contribution in [3.05, 3.63) is 55.8 Å². The second kappa shape index (κ2) is 6.24. The zero-order valence-corrected chi connectivity index (χ0v) is 9.94. The van der Waals surface area contributed by atoms with Gasteiger partial charge in [-0.3, -0.25) is 20.2 Å². The maximum absolute atomic E-state index is 11.4. The van der Waals surface area contributed by atoms with E-state index in [1.165, 1.54) is 31.2 Å². The fourth-order valence-electron chi connectivity index (χ4n) is 1.31. The molecule has 0 aliphatic heterocycles. The Morgan fingerprint density at radius 2 is 1.95 bits per heavy atom. The molecule has 0 radical (unpaired) electrons. The highest BCUT2D eigenvalue weighted by molar-refractivity contribution is 5.91. The zero-order valence-electron chi connectivity index (χ0n) is 9.94. The van der Waals surface area contributed by atoms with Crippen LogP contribution in [0, 0.1) is 20.2 Å². The fourth-order valence-corrected chi connectivity index (χ4v) is 1.31. The van der Waals surface area contributed by atoms with E-state index in [2.05, 4.69) is 4.74 Å². The van der Waals surface area contributed by atoms with Gasteiger partial charge >= 0.3 is 11.7 Å². The number of ether oxygens (including phenoxy) is 1. The molecule has 0 saturated carbocycles. The summed E-state index contributed by atoms with van der Waals surface area (Å²) in [4.78, 5) is 31.3. The van der Waals surface area contributed by atoms with Crippen LogP contribution in [0.4, 0.5) is 5.69 Å². The van der Waals surface area contributed by atoms with Gasteiger partial charge in [0.15, 0.2) is 0 Å². The molecule has 0 aliphatic rings. The predicted octanol–water partition coefficient (Wildman–Crippen LogP) is 1.78. The van der Waals surface area contributed by atoms with Crippen LogP contribution in [0.2, 0.25) is 0 Å². The van der Waals surface area contributed by atoms with Crippen LogP contribution in [0.5, 0.6) is 0 Å². The molecule has 8 nitrogen and oxygen atoms in total. The average molecular weight is 266 g/mol. The maximum atomic E-state index is 11.4. The number of carbonyl (C=O) groups is 1. The summed E-state index contributed by atoms with van der Waals surface area (Å²) >= 11 is 0. The first-order chi connectivity index (χ1) is 8.97. The summed E-state index contributed by atoms with van der Waals surface area (Å²) < 4.78 is 4.52. The first-order valence-electron chi connectivity index (χ1n) is 5.24. The Balaban J connectivity index is 3.27. The molecule has 0 aliphatic carbocycles. The summed E-state index contributed by atoms with van der Waals surface area (Å²) in [6.07, 6.45) is 0.829. The molecule has 0 unspecified atom stereocenters. The first kappa shape index (κ1) is 14.3. The van der Waals surface area contributed by atoms with Crippen LogP contribution in [-0.2, 0) is 9.53 Å². The summed E-state index contributed by atoms with van der Waals surface area (Å²) in [6, 6.07) is 5.39. The van der Waals surface area contributed by atoms with Gasteiger partial charge in [-0.05, 0) is 13.0 Å². The van der Waals surface area contributed by atoms with Gasteiger partial charge in [-0.1, -0.05) is 12.1 Å². The number of para-hydroxylation sites is 1. The van der Waals surface area contributed by atoms with Crippen LogP contribution < -0.4 is 0 Å². The van der Waals surface area contributed by atoms with Crippen LogP contribution in [-0.4, -0.2) is 22.4 Å². The third-order valence-electron chi connectivity index (χ3n) is 2.11. The monoisotopic (exact) mass is 266 g/mol. The van der Waals surface area contributed by atoms with Crippen molar-refractivity contribution in [3.8, 4) is 0 Å². The predicted molar refractivity (Wildman–Crippen MR) is 64.7 cm³/mol. The van der Waals surface area contributed by atoms with E-state index in [1.807, 2.05) is 0 Å². The second-order valence-corrected chi connectivity index (χ2v) is 3.32. The van der Waals surface area contributed by atoms with Gasteiger partial charge in [0.25, 0.3) is 5.69 Å². The molecule has 0 spiro atoms. The minimum Gasteiger partial charge on any atom is -0.458 e. The molecule has 0 fully saturated rings. The summed E-state index contributed by atoms with van der Waals surface area (Å²) in [5.41, 5.74) is -1.21. The Morgan fingerprint density at radius 3 is 2.47 bits per heavy atom. The summed E-state index contributed by atoms with van der Waals surface area (Å²) in [5, 5.41) is 21.5. The Bertz CT molecular complexity index is 552. The summed E-state index contributed by atoms with van der Waals surface area (Å²) in [5.74, 6) is -1.13. The van der Waals surface area contributed by atoms with Crippen molar-refractivity contribution in [2.24, 2.45) is 0 Å². The minimum atomic E-state index is -1.13. The molecule has 1 aromatic rings. The van der Waals surface area contributed by atoms with E-state index in [4.69, 9.17) is 0 Å². The largest absolute Gasteiger partial charge is 0.458 e. The average Bonchev–Trinajstić information content (AvgIpc) is 2.36. The van der Waals surface area contributed by atoms with Gasteiger partial charge in [0.2, 0.25) is 0 Å². The summed E-state index contributed by atoms with van der Waals surface area (Å²) in [6.45, 7) is 1.47. The van der Waals surface area contributed by atoms with E-state index in [0.717, 1.165) is 6.08 Å². The fraction of sp³-hybridized carbons (Fsp3) is 0.182. The molecular weight excluding hydrogens is 256 g/mol. The van der Waals surface area contributed by atoms with Crippen LogP contribution in [0.25, 0.3) is 6.08 Å². The first-order valence-corrected chi connectivity index (χ1v) is 5.24. The second-order valence-electron chi connectivity index (χ2n) is 3.32.